The fraction of sp³-hybridized carbons (Fsp3) is 0.357. The third-order valence-electron chi connectivity index (χ3n) is 2.94. The largest absolute Gasteiger partial charge is 0.564 e. The molecular weight excluding hydrogens is 319 g/mol. The molecule has 0 unspecified atom stereocenters. The second-order valence-corrected chi connectivity index (χ2v) is 5.11. The summed E-state index contributed by atoms with van der Waals surface area (Å²) in [6.07, 6.45) is 2.90. The van der Waals surface area contributed by atoms with E-state index in [0.717, 1.165) is 11.8 Å². The molecule has 124 valence electrons. The zero-order valence-corrected chi connectivity index (χ0v) is 13.9. The minimum absolute atomic E-state index is 0.00593. The van der Waals surface area contributed by atoms with Crippen LogP contribution in [0.2, 0.25) is 0 Å². The molecule has 0 radical (unpaired) electrons. The summed E-state index contributed by atoms with van der Waals surface area (Å²) >= 11 is 0.414. The lowest BCUT2D eigenvalue weighted by molar-refractivity contribution is -0.136. The van der Waals surface area contributed by atoms with Crippen LogP contribution in [0.5, 0.6) is 0 Å². The SMILES string of the molecule is COB(OC(=O)CN(C)CC=O)c1ccc(C/C=N/SO)cc1. The topological polar surface area (TPSA) is 88.4 Å². The van der Waals surface area contributed by atoms with Crippen molar-refractivity contribution in [1.29, 1.82) is 0 Å². The highest BCUT2D eigenvalue weighted by atomic mass is 32.2. The summed E-state index contributed by atoms with van der Waals surface area (Å²) in [5.41, 5.74) is 1.70. The van der Waals surface area contributed by atoms with Crippen molar-refractivity contribution in [2.45, 2.75) is 6.42 Å². The maximum atomic E-state index is 11.8. The first-order valence-electron chi connectivity index (χ1n) is 6.86. The van der Waals surface area contributed by atoms with Crippen LogP contribution in [0, 0.1) is 0 Å². The molecule has 0 atom stereocenters. The van der Waals surface area contributed by atoms with Crippen LogP contribution >= 0.6 is 12.2 Å². The smallest absolute Gasteiger partial charge is 0.505 e. The molecule has 23 heavy (non-hydrogen) atoms. The Balaban J connectivity index is 2.61. The zero-order chi connectivity index (χ0) is 17.1. The van der Waals surface area contributed by atoms with Crippen LogP contribution in [-0.2, 0) is 25.3 Å². The first kappa shape index (κ1) is 19.4. The third-order valence-corrected chi connectivity index (χ3v) is 3.18. The first-order chi connectivity index (χ1) is 11.1. The summed E-state index contributed by atoms with van der Waals surface area (Å²) in [7, 11) is 2.30. The molecule has 0 bridgehead atoms. The van der Waals surface area contributed by atoms with Gasteiger partial charge < -0.3 is 18.7 Å². The molecule has 1 rings (SSSR count). The van der Waals surface area contributed by atoms with E-state index in [1.807, 2.05) is 12.1 Å². The Morgan fingerprint density at radius 2 is 2.13 bits per heavy atom. The minimum atomic E-state index is -0.803. The molecule has 0 fully saturated rings. The molecule has 0 saturated carbocycles. The molecule has 0 aliphatic heterocycles. The van der Waals surface area contributed by atoms with Gasteiger partial charge in [-0.2, -0.15) is 0 Å². The number of carbonyl (C=O) groups excluding carboxylic acids is 2. The van der Waals surface area contributed by atoms with Crippen molar-refractivity contribution >= 4 is 43.3 Å². The number of aldehydes is 1. The van der Waals surface area contributed by atoms with E-state index in [0.29, 0.717) is 24.1 Å². The van der Waals surface area contributed by atoms with Crippen molar-refractivity contribution in [3.05, 3.63) is 29.8 Å². The van der Waals surface area contributed by atoms with Crippen LogP contribution in [-0.4, -0.2) is 62.3 Å². The van der Waals surface area contributed by atoms with Gasteiger partial charge in [-0.15, -0.1) is 0 Å². The molecule has 0 amide bonds. The molecule has 1 aromatic carbocycles. The lowest BCUT2D eigenvalue weighted by atomic mass is 9.78. The summed E-state index contributed by atoms with van der Waals surface area (Å²) < 4.78 is 22.6. The monoisotopic (exact) mass is 338 g/mol. The second-order valence-electron chi connectivity index (χ2n) is 4.74. The number of carbonyl (C=O) groups is 2. The molecule has 0 heterocycles. The highest BCUT2D eigenvalue weighted by molar-refractivity contribution is 7.92. The number of rotatable bonds is 10. The van der Waals surface area contributed by atoms with Gasteiger partial charge in [0.25, 0.3) is 0 Å². The summed E-state index contributed by atoms with van der Waals surface area (Å²) in [4.78, 5) is 23.7. The Hall–Kier alpha value is -1.68. The molecule has 1 aromatic rings. The van der Waals surface area contributed by atoms with E-state index in [-0.39, 0.29) is 13.1 Å². The van der Waals surface area contributed by atoms with Gasteiger partial charge in [0.05, 0.1) is 13.1 Å². The van der Waals surface area contributed by atoms with Gasteiger partial charge >= 0.3 is 13.1 Å². The average molecular weight is 338 g/mol. The molecule has 1 N–H and O–H groups in total. The van der Waals surface area contributed by atoms with Gasteiger partial charge in [0.2, 0.25) is 0 Å². The van der Waals surface area contributed by atoms with Gasteiger partial charge in [-0.05, 0) is 18.1 Å². The molecule has 0 aliphatic carbocycles. The van der Waals surface area contributed by atoms with Gasteiger partial charge in [0, 0.05) is 19.7 Å². The second kappa shape index (κ2) is 11.0. The lowest BCUT2D eigenvalue weighted by Gasteiger charge is -2.16. The van der Waals surface area contributed by atoms with Crippen LogP contribution in [0.3, 0.4) is 0 Å². The summed E-state index contributed by atoms with van der Waals surface area (Å²) in [5, 5.41) is 0. The van der Waals surface area contributed by atoms with Crippen molar-refractivity contribution < 1.29 is 23.5 Å². The predicted octanol–water partition coefficient (Wildman–Crippen LogP) is 0.437. The van der Waals surface area contributed by atoms with E-state index in [1.165, 1.54) is 7.11 Å². The first-order valence-corrected chi connectivity index (χ1v) is 7.59. The maximum absolute atomic E-state index is 11.8. The standard InChI is InChI=1S/C14H19BN2O5S/c1-17(9-10-18)11-14(19)22-15(21-2)13-5-3-12(4-6-13)7-8-16-23-20/h3-6,8,10,20H,7,9,11H2,1-2H3/b16-8+. The number of benzene rings is 1. The fourth-order valence-corrected chi connectivity index (χ4v) is 1.95. The molecule has 0 aromatic heterocycles. The van der Waals surface area contributed by atoms with E-state index in [2.05, 4.69) is 4.40 Å². The van der Waals surface area contributed by atoms with Gasteiger partial charge in [0.1, 0.15) is 18.5 Å². The van der Waals surface area contributed by atoms with Crippen LogP contribution < -0.4 is 5.46 Å². The molecule has 0 aliphatic rings. The Morgan fingerprint density at radius 1 is 1.43 bits per heavy atom. The van der Waals surface area contributed by atoms with Crippen LogP contribution in [0.15, 0.2) is 28.7 Å². The average Bonchev–Trinajstić information content (AvgIpc) is 2.54. The number of likely N-dealkylation sites (N-methyl/N-ethyl adjacent to an activating group) is 1. The number of hydrogen-bond acceptors (Lipinski definition) is 8. The zero-order valence-electron chi connectivity index (χ0n) is 13.0. The maximum Gasteiger partial charge on any atom is 0.564 e. The summed E-state index contributed by atoms with van der Waals surface area (Å²) in [6.45, 7) is 0.168. The lowest BCUT2D eigenvalue weighted by Crippen LogP contribution is -2.40. The minimum Gasteiger partial charge on any atom is -0.505 e. The van der Waals surface area contributed by atoms with E-state index in [4.69, 9.17) is 13.9 Å². The molecule has 0 spiro atoms. The van der Waals surface area contributed by atoms with E-state index >= 15 is 0 Å². The Morgan fingerprint density at radius 3 is 2.70 bits per heavy atom. The highest BCUT2D eigenvalue weighted by Crippen LogP contribution is 2.01. The van der Waals surface area contributed by atoms with Crippen molar-refractivity contribution in [2.24, 2.45) is 4.40 Å². The van der Waals surface area contributed by atoms with E-state index in [9.17, 15) is 9.59 Å². The number of hydrogen-bond donors (Lipinski definition) is 1. The number of nitrogens with zero attached hydrogens (tertiary/aromatic N) is 2. The third kappa shape index (κ3) is 7.42. The van der Waals surface area contributed by atoms with E-state index in [1.54, 1.807) is 30.3 Å². The van der Waals surface area contributed by atoms with E-state index < -0.39 is 13.1 Å². The van der Waals surface area contributed by atoms with Gasteiger partial charge in [-0.3, -0.25) is 9.69 Å². The Labute approximate surface area is 140 Å². The summed E-state index contributed by atoms with van der Waals surface area (Å²) in [5.74, 6) is -0.475. The van der Waals surface area contributed by atoms with Crippen molar-refractivity contribution in [1.82, 2.24) is 4.90 Å². The van der Waals surface area contributed by atoms with Gasteiger partial charge in [-0.25, -0.2) is 4.40 Å². The molecule has 7 nitrogen and oxygen atoms in total. The predicted molar refractivity (Wildman–Crippen MR) is 90.9 cm³/mol. The van der Waals surface area contributed by atoms with Crippen LogP contribution in [0.1, 0.15) is 5.56 Å². The van der Waals surface area contributed by atoms with Gasteiger partial charge in [-0.1, -0.05) is 24.3 Å². The van der Waals surface area contributed by atoms with Gasteiger partial charge in [0.15, 0.2) is 0 Å². The molecule has 0 saturated heterocycles. The van der Waals surface area contributed by atoms with Crippen molar-refractivity contribution in [2.75, 3.05) is 27.2 Å². The fourth-order valence-electron chi connectivity index (χ4n) is 1.81. The van der Waals surface area contributed by atoms with Crippen LogP contribution in [0.25, 0.3) is 0 Å². The van der Waals surface area contributed by atoms with Crippen molar-refractivity contribution in [3.63, 3.8) is 0 Å². The molecule has 9 heteroatoms. The quantitative estimate of drug-likeness (QED) is 0.218. The molecular formula is C14H19BN2O5S. The van der Waals surface area contributed by atoms with Crippen LogP contribution in [0.4, 0.5) is 0 Å². The Kier molecular flexibility index (Phi) is 9.23. The Bertz CT molecular complexity index is 526. The van der Waals surface area contributed by atoms with Crippen molar-refractivity contribution in [3.8, 4) is 0 Å². The highest BCUT2D eigenvalue weighted by Gasteiger charge is 2.25. The summed E-state index contributed by atoms with van der Waals surface area (Å²) in [6, 6.07) is 7.32. The normalized spacial score (nSPS) is 11.0.